The van der Waals surface area contributed by atoms with Gasteiger partial charge in [0.25, 0.3) is 0 Å². The number of carboxylic acid groups (broad SMARTS) is 1. The molecule has 0 saturated carbocycles. The van der Waals surface area contributed by atoms with Gasteiger partial charge in [0.1, 0.15) is 5.60 Å². The number of ether oxygens (including phenoxy) is 1. The van der Waals surface area contributed by atoms with Crippen molar-refractivity contribution in [2.75, 3.05) is 12.0 Å². The van der Waals surface area contributed by atoms with E-state index in [0.29, 0.717) is 12.2 Å². The molecule has 0 rings (SSSR count). The third-order valence-corrected chi connectivity index (χ3v) is 2.61. The van der Waals surface area contributed by atoms with Crippen LogP contribution in [0, 0.1) is 0 Å². The van der Waals surface area contributed by atoms with Gasteiger partial charge in [0.2, 0.25) is 0 Å². The molecular formula is C11H21NO5S. The van der Waals surface area contributed by atoms with Gasteiger partial charge in [0, 0.05) is 0 Å². The number of hydrogen-bond donors (Lipinski definition) is 3. The summed E-state index contributed by atoms with van der Waals surface area (Å²) < 4.78 is 5.02. The van der Waals surface area contributed by atoms with Crippen LogP contribution < -0.4 is 5.32 Å². The van der Waals surface area contributed by atoms with Crippen molar-refractivity contribution in [2.24, 2.45) is 0 Å². The minimum Gasteiger partial charge on any atom is -0.479 e. The van der Waals surface area contributed by atoms with Crippen molar-refractivity contribution >= 4 is 23.8 Å². The molecule has 0 heterocycles. The molecule has 0 aliphatic heterocycles. The number of aliphatic carboxylic acids is 1. The van der Waals surface area contributed by atoms with Crippen LogP contribution in [0.2, 0.25) is 0 Å². The Morgan fingerprint density at radius 3 is 2.33 bits per heavy atom. The summed E-state index contributed by atoms with van der Waals surface area (Å²) >= 11 is 1.50. The van der Waals surface area contributed by atoms with E-state index in [2.05, 4.69) is 5.32 Å². The molecule has 106 valence electrons. The van der Waals surface area contributed by atoms with Crippen LogP contribution in [0.4, 0.5) is 4.79 Å². The van der Waals surface area contributed by atoms with E-state index in [1.165, 1.54) is 11.8 Å². The van der Waals surface area contributed by atoms with E-state index >= 15 is 0 Å². The number of rotatable bonds is 6. The fraction of sp³-hybridized carbons (Fsp3) is 0.818. The van der Waals surface area contributed by atoms with Gasteiger partial charge in [-0.2, -0.15) is 11.8 Å². The standard InChI is InChI=1S/C11H21NO5S/c1-11(2,3)17-10(16)12-7(5-6-18-4)8(13)9(14)15/h7-8,13H,5-6H2,1-4H3,(H,12,16)(H,14,15). The lowest BCUT2D eigenvalue weighted by atomic mass is 10.1. The molecule has 2 atom stereocenters. The first-order valence-corrected chi connectivity index (χ1v) is 6.96. The monoisotopic (exact) mass is 279 g/mol. The fourth-order valence-corrected chi connectivity index (χ4v) is 1.67. The summed E-state index contributed by atoms with van der Waals surface area (Å²) in [7, 11) is 0. The topological polar surface area (TPSA) is 95.9 Å². The molecule has 3 N–H and O–H groups in total. The number of nitrogens with one attached hydrogen (secondary N) is 1. The Hall–Kier alpha value is -0.950. The van der Waals surface area contributed by atoms with Crippen molar-refractivity contribution in [3.63, 3.8) is 0 Å². The molecule has 0 aliphatic rings. The smallest absolute Gasteiger partial charge is 0.407 e. The molecule has 0 saturated heterocycles. The Morgan fingerprint density at radius 1 is 1.39 bits per heavy atom. The quantitative estimate of drug-likeness (QED) is 0.673. The Morgan fingerprint density at radius 2 is 1.94 bits per heavy atom. The molecule has 6 nitrogen and oxygen atoms in total. The van der Waals surface area contributed by atoms with Crippen LogP contribution in [0.1, 0.15) is 27.2 Å². The minimum absolute atomic E-state index is 0.355. The molecule has 0 aromatic heterocycles. The van der Waals surface area contributed by atoms with Crippen LogP contribution >= 0.6 is 11.8 Å². The van der Waals surface area contributed by atoms with Crippen LogP contribution in [-0.2, 0) is 9.53 Å². The first kappa shape index (κ1) is 17.1. The Bertz CT molecular complexity index is 290. The van der Waals surface area contributed by atoms with Crippen molar-refractivity contribution in [3.8, 4) is 0 Å². The fourth-order valence-electron chi connectivity index (χ4n) is 1.18. The predicted octanol–water partition coefficient (Wildman–Crippen LogP) is 1.08. The highest BCUT2D eigenvalue weighted by Gasteiger charge is 2.28. The number of aliphatic hydroxyl groups is 1. The summed E-state index contributed by atoms with van der Waals surface area (Å²) in [5, 5.41) is 20.6. The van der Waals surface area contributed by atoms with Crippen molar-refractivity contribution < 1.29 is 24.5 Å². The van der Waals surface area contributed by atoms with E-state index in [1.807, 2.05) is 6.26 Å². The summed E-state index contributed by atoms with van der Waals surface area (Å²) in [6.07, 6.45) is -0.149. The van der Waals surface area contributed by atoms with E-state index in [0.717, 1.165) is 0 Å². The number of carboxylic acids is 1. The van der Waals surface area contributed by atoms with Gasteiger partial charge < -0.3 is 20.3 Å². The molecular weight excluding hydrogens is 258 g/mol. The third kappa shape index (κ3) is 7.39. The second-order valence-corrected chi connectivity index (χ2v) is 5.80. The minimum atomic E-state index is -1.63. The average molecular weight is 279 g/mol. The van der Waals surface area contributed by atoms with E-state index in [4.69, 9.17) is 9.84 Å². The lowest BCUT2D eigenvalue weighted by molar-refractivity contribution is -0.148. The van der Waals surface area contributed by atoms with Crippen LogP contribution in [0.5, 0.6) is 0 Å². The van der Waals surface area contributed by atoms with E-state index in [-0.39, 0.29) is 0 Å². The lowest BCUT2D eigenvalue weighted by Crippen LogP contribution is -2.48. The van der Waals surface area contributed by atoms with Gasteiger partial charge in [0.05, 0.1) is 6.04 Å². The highest BCUT2D eigenvalue weighted by molar-refractivity contribution is 7.98. The Labute approximate surface area is 111 Å². The summed E-state index contributed by atoms with van der Waals surface area (Å²) in [5.41, 5.74) is -0.664. The van der Waals surface area contributed by atoms with Crippen LogP contribution in [0.25, 0.3) is 0 Å². The maximum atomic E-state index is 11.5. The zero-order valence-electron chi connectivity index (χ0n) is 11.1. The second-order valence-electron chi connectivity index (χ2n) is 4.82. The highest BCUT2D eigenvalue weighted by Crippen LogP contribution is 2.09. The molecule has 0 radical (unpaired) electrons. The summed E-state index contributed by atoms with van der Waals surface area (Å²) in [5.74, 6) is -0.734. The number of aliphatic hydroxyl groups excluding tert-OH is 1. The number of carbonyl (C=O) groups is 2. The highest BCUT2D eigenvalue weighted by atomic mass is 32.2. The zero-order chi connectivity index (χ0) is 14.3. The van der Waals surface area contributed by atoms with Crippen LogP contribution in [-0.4, -0.2) is 52.0 Å². The first-order chi connectivity index (χ1) is 8.17. The normalized spacial score (nSPS) is 14.7. The average Bonchev–Trinajstić information content (AvgIpc) is 2.20. The largest absolute Gasteiger partial charge is 0.479 e. The number of alkyl carbamates (subject to hydrolysis) is 1. The Balaban J connectivity index is 4.49. The summed E-state index contributed by atoms with van der Waals surface area (Å²) in [4.78, 5) is 22.2. The maximum Gasteiger partial charge on any atom is 0.407 e. The third-order valence-electron chi connectivity index (χ3n) is 1.97. The van der Waals surface area contributed by atoms with Crippen molar-refractivity contribution in [3.05, 3.63) is 0 Å². The van der Waals surface area contributed by atoms with Crippen molar-refractivity contribution in [1.82, 2.24) is 5.32 Å². The first-order valence-electron chi connectivity index (χ1n) is 5.56. The number of amides is 1. The van der Waals surface area contributed by atoms with Gasteiger partial charge in [-0.1, -0.05) is 0 Å². The van der Waals surface area contributed by atoms with Gasteiger partial charge in [0.15, 0.2) is 6.10 Å². The van der Waals surface area contributed by atoms with E-state index < -0.39 is 29.8 Å². The van der Waals surface area contributed by atoms with Crippen molar-refractivity contribution in [2.45, 2.75) is 44.9 Å². The van der Waals surface area contributed by atoms with Crippen molar-refractivity contribution in [1.29, 1.82) is 0 Å². The van der Waals surface area contributed by atoms with Gasteiger partial charge in [-0.25, -0.2) is 9.59 Å². The van der Waals surface area contributed by atoms with E-state index in [1.54, 1.807) is 20.8 Å². The maximum absolute atomic E-state index is 11.5. The molecule has 0 aliphatic carbocycles. The van der Waals surface area contributed by atoms with Gasteiger partial charge in [-0.15, -0.1) is 0 Å². The molecule has 0 fully saturated rings. The molecule has 0 bridgehead atoms. The zero-order valence-corrected chi connectivity index (χ0v) is 11.9. The molecule has 1 amide bonds. The van der Waals surface area contributed by atoms with Gasteiger partial charge in [-0.05, 0) is 39.2 Å². The second kappa shape index (κ2) is 7.48. The molecule has 0 spiro atoms. The molecule has 0 aromatic carbocycles. The lowest BCUT2D eigenvalue weighted by Gasteiger charge is -2.24. The predicted molar refractivity (Wildman–Crippen MR) is 69.8 cm³/mol. The number of carbonyl (C=O) groups excluding carboxylic acids is 1. The van der Waals surface area contributed by atoms with Crippen LogP contribution in [0.3, 0.4) is 0 Å². The molecule has 0 aromatic rings. The Kier molecular flexibility index (Phi) is 7.08. The molecule has 2 unspecified atom stereocenters. The SMILES string of the molecule is CSCCC(NC(=O)OC(C)(C)C)C(O)C(=O)O. The summed E-state index contributed by atoms with van der Waals surface area (Å²) in [6.45, 7) is 5.12. The van der Waals surface area contributed by atoms with Crippen LogP contribution in [0.15, 0.2) is 0 Å². The number of hydrogen-bond acceptors (Lipinski definition) is 5. The summed E-state index contributed by atoms with van der Waals surface area (Å²) in [6, 6.07) is -0.857. The van der Waals surface area contributed by atoms with Gasteiger partial charge >= 0.3 is 12.1 Å². The molecule has 18 heavy (non-hydrogen) atoms. The molecule has 7 heteroatoms. The van der Waals surface area contributed by atoms with E-state index in [9.17, 15) is 14.7 Å². The number of thioether (sulfide) groups is 1. The van der Waals surface area contributed by atoms with Gasteiger partial charge in [-0.3, -0.25) is 0 Å².